The molecule has 0 radical (unpaired) electrons. The van der Waals surface area contributed by atoms with Gasteiger partial charge in [-0.05, 0) is 27.7 Å². The Hall–Kier alpha value is -0.380. The lowest BCUT2D eigenvalue weighted by Crippen LogP contribution is -2.25. The highest BCUT2D eigenvalue weighted by Gasteiger charge is 2.25. The number of ether oxygens (including phenoxy) is 1. The van der Waals surface area contributed by atoms with Crippen LogP contribution >= 0.6 is 23.2 Å². The Labute approximate surface area is 99.8 Å². The average molecular weight is 249 g/mol. The minimum Gasteiger partial charge on any atom is -0.368 e. The van der Waals surface area contributed by atoms with Gasteiger partial charge in [-0.25, -0.2) is 9.97 Å². The summed E-state index contributed by atoms with van der Waals surface area (Å²) in [4.78, 5) is 8.34. The van der Waals surface area contributed by atoms with Gasteiger partial charge in [0.05, 0.1) is 0 Å². The minimum atomic E-state index is -0.574. The van der Waals surface area contributed by atoms with Gasteiger partial charge in [0.15, 0.2) is 5.82 Å². The van der Waals surface area contributed by atoms with Gasteiger partial charge >= 0.3 is 0 Å². The van der Waals surface area contributed by atoms with Gasteiger partial charge < -0.3 is 4.74 Å². The second kappa shape index (κ2) is 4.64. The lowest BCUT2D eigenvalue weighted by Gasteiger charge is -2.23. The van der Waals surface area contributed by atoms with Gasteiger partial charge in [0, 0.05) is 12.2 Å². The van der Waals surface area contributed by atoms with Crippen LogP contribution in [0, 0.1) is 6.92 Å². The van der Waals surface area contributed by atoms with E-state index in [-0.39, 0.29) is 0 Å². The van der Waals surface area contributed by atoms with Gasteiger partial charge in [-0.2, -0.15) is 0 Å². The summed E-state index contributed by atoms with van der Waals surface area (Å²) in [5, 5.41) is 0.746. The maximum atomic E-state index is 5.93. The maximum absolute atomic E-state index is 5.93. The molecule has 1 aromatic heterocycles. The van der Waals surface area contributed by atoms with Crippen LogP contribution in [0.3, 0.4) is 0 Å². The van der Waals surface area contributed by atoms with Gasteiger partial charge in [0.1, 0.15) is 15.9 Å². The molecule has 1 heterocycles. The largest absolute Gasteiger partial charge is 0.368 e. The van der Waals surface area contributed by atoms with E-state index in [9.17, 15) is 0 Å². The van der Waals surface area contributed by atoms with Crippen LogP contribution in [-0.2, 0) is 10.3 Å². The van der Waals surface area contributed by atoms with E-state index in [4.69, 9.17) is 27.9 Å². The van der Waals surface area contributed by atoms with Crippen molar-refractivity contribution in [1.29, 1.82) is 0 Å². The molecule has 0 aliphatic rings. The molecule has 15 heavy (non-hydrogen) atoms. The third kappa shape index (κ3) is 2.80. The molecule has 0 N–H and O–H groups in total. The Morgan fingerprint density at radius 2 is 1.67 bits per heavy atom. The molecule has 0 atom stereocenters. The smallest absolute Gasteiger partial charge is 0.163 e. The summed E-state index contributed by atoms with van der Waals surface area (Å²) in [6.45, 7) is 8.04. The van der Waals surface area contributed by atoms with E-state index in [1.54, 1.807) is 6.92 Å². The fourth-order valence-corrected chi connectivity index (χ4v) is 1.55. The van der Waals surface area contributed by atoms with E-state index in [0.717, 1.165) is 0 Å². The zero-order valence-electron chi connectivity index (χ0n) is 9.27. The van der Waals surface area contributed by atoms with Crippen LogP contribution in [0.4, 0.5) is 0 Å². The van der Waals surface area contributed by atoms with E-state index in [1.165, 1.54) is 0 Å². The van der Waals surface area contributed by atoms with Crippen molar-refractivity contribution in [3.63, 3.8) is 0 Å². The van der Waals surface area contributed by atoms with Crippen molar-refractivity contribution in [2.75, 3.05) is 6.61 Å². The standard InChI is InChI=1S/C10H14Cl2N2O/c1-5-15-10(3,4)9-13-7(11)6(2)8(12)14-9/h5H2,1-4H3. The molecular formula is C10H14Cl2N2O. The van der Waals surface area contributed by atoms with Gasteiger partial charge in [0.2, 0.25) is 0 Å². The molecule has 0 aromatic carbocycles. The van der Waals surface area contributed by atoms with Crippen molar-refractivity contribution < 1.29 is 4.74 Å². The van der Waals surface area contributed by atoms with Crippen LogP contribution < -0.4 is 0 Å². The molecule has 1 aromatic rings. The molecule has 0 saturated heterocycles. The molecule has 0 fully saturated rings. The van der Waals surface area contributed by atoms with E-state index in [2.05, 4.69) is 9.97 Å². The van der Waals surface area contributed by atoms with Crippen LogP contribution in [0.2, 0.25) is 10.3 Å². The van der Waals surface area contributed by atoms with E-state index < -0.39 is 5.60 Å². The normalized spacial score (nSPS) is 11.9. The third-order valence-electron chi connectivity index (χ3n) is 2.07. The summed E-state index contributed by atoms with van der Waals surface area (Å²) < 4.78 is 5.52. The predicted molar refractivity (Wildman–Crippen MR) is 61.4 cm³/mol. The van der Waals surface area contributed by atoms with Gasteiger partial charge in [-0.15, -0.1) is 0 Å². The molecule has 84 valence electrons. The van der Waals surface area contributed by atoms with E-state index >= 15 is 0 Å². The highest BCUT2D eigenvalue weighted by atomic mass is 35.5. The molecule has 3 nitrogen and oxygen atoms in total. The summed E-state index contributed by atoms with van der Waals surface area (Å²) >= 11 is 11.9. The van der Waals surface area contributed by atoms with E-state index in [1.807, 2.05) is 20.8 Å². The van der Waals surface area contributed by atoms with E-state index in [0.29, 0.717) is 28.3 Å². The molecule has 0 bridgehead atoms. The Kier molecular flexibility index (Phi) is 3.93. The second-order valence-electron chi connectivity index (χ2n) is 3.70. The zero-order valence-corrected chi connectivity index (χ0v) is 10.8. The lowest BCUT2D eigenvalue weighted by atomic mass is 10.1. The van der Waals surface area contributed by atoms with Gasteiger partial charge in [0.25, 0.3) is 0 Å². The first-order valence-electron chi connectivity index (χ1n) is 4.72. The topological polar surface area (TPSA) is 35.0 Å². The number of aromatic nitrogens is 2. The molecule has 0 spiro atoms. The summed E-state index contributed by atoms with van der Waals surface area (Å²) in [5.74, 6) is 0.505. The third-order valence-corrected chi connectivity index (χ3v) is 2.81. The van der Waals surface area contributed by atoms with Gasteiger partial charge in [-0.1, -0.05) is 23.2 Å². The minimum absolute atomic E-state index is 0.373. The summed E-state index contributed by atoms with van der Waals surface area (Å²) in [6, 6.07) is 0. The fourth-order valence-electron chi connectivity index (χ4n) is 1.16. The second-order valence-corrected chi connectivity index (χ2v) is 4.41. The summed E-state index contributed by atoms with van der Waals surface area (Å²) in [7, 11) is 0. The predicted octanol–water partition coefficient (Wildman–Crippen LogP) is 3.36. The molecule has 0 aliphatic heterocycles. The first-order chi connectivity index (χ1) is 6.88. The lowest BCUT2D eigenvalue weighted by molar-refractivity contribution is -0.0208. The number of rotatable bonds is 3. The monoisotopic (exact) mass is 248 g/mol. The van der Waals surface area contributed by atoms with Crippen molar-refractivity contribution in [2.45, 2.75) is 33.3 Å². The zero-order chi connectivity index (χ0) is 11.6. The van der Waals surface area contributed by atoms with Crippen molar-refractivity contribution in [2.24, 2.45) is 0 Å². The van der Waals surface area contributed by atoms with Crippen LogP contribution in [0.5, 0.6) is 0 Å². The average Bonchev–Trinajstić information content (AvgIpc) is 2.13. The molecule has 0 aliphatic carbocycles. The molecule has 0 saturated carbocycles. The number of halogens is 2. The van der Waals surface area contributed by atoms with Crippen molar-refractivity contribution >= 4 is 23.2 Å². The van der Waals surface area contributed by atoms with Crippen LogP contribution in [0.25, 0.3) is 0 Å². The molecule has 5 heteroatoms. The summed E-state index contributed by atoms with van der Waals surface area (Å²) in [6.07, 6.45) is 0. The van der Waals surface area contributed by atoms with Gasteiger partial charge in [-0.3, -0.25) is 0 Å². The Balaban J connectivity index is 3.16. The molecule has 0 amide bonds. The first kappa shape index (κ1) is 12.7. The van der Waals surface area contributed by atoms with Crippen molar-refractivity contribution in [3.05, 3.63) is 21.7 Å². The number of hydrogen-bond donors (Lipinski definition) is 0. The maximum Gasteiger partial charge on any atom is 0.163 e. The van der Waals surface area contributed by atoms with Crippen molar-refractivity contribution in [3.8, 4) is 0 Å². The Bertz CT molecular complexity index is 343. The SMILES string of the molecule is CCOC(C)(C)c1nc(Cl)c(C)c(Cl)n1. The molecule has 1 rings (SSSR count). The van der Waals surface area contributed by atoms with Crippen LogP contribution in [0.15, 0.2) is 0 Å². The van der Waals surface area contributed by atoms with Crippen LogP contribution in [-0.4, -0.2) is 16.6 Å². The Morgan fingerprint density at radius 1 is 1.20 bits per heavy atom. The number of hydrogen-bond acceptors (Lipinski definition) is 3. The Morgan fingerprint density at radius 3 is 2.07 bits per heavy atom. The first-order valence-corrected chi connectivity index (χ1v) is 5.48. The molecule has 0 unspecified atom stereocenters. The highest BCUT2D eigenvalue weighted by Crippen LogP contribution is 2.26. The number of nitrogens with zero attached hydrogens (tertiary/aromatic N) is 2. The molecular weight excluding hydrogens is 235 g/mol. The highest BCUT2D eigenvalue weighted by molar-refractivity contribution is 6.34. The fraction of sp³-hybridized carbons (Fsp3) is 0.600. The quantitative estimate of drug-likeness (QED) is 0.770. The van der Waals surface area contributed by atoms with Crippen LogP contribution in [0.1, 0.15) is 32.2 Å². The summed E-state index contributed by atoms with van der Waals surface area (Å²) in [5.41, 5.74) is 0.116. The van der Waals surface area contributed by atoms with Crippen molar-refractivity contribution in [1.82, 2.24) is 9.97 Å².